The summed E-state index contributed by atoms with van der Waals surface area (Å²) >= 11 is 8.19. The molecule has 0 aromatic heterocycles. The van der Waals surface area contributed by atoms with Gasteiger partial charge in [0, 0.05) is 15.6 Å². The molecule has 0 amide bonds. The van der Waals surface area contributed by atoms with Gasteiger partial charge in [-0.3, -0.25) is 4.79 Å². The predicted octanol–water partition coefficient (Wildman–Crippen LogP) is 4.93. The van der Waals surface area contributed by atoms with Crippen molar-refractivity contribution in [2.45, 2.75) is 19.8 Å². The van der Waals surface area contributed by atoms with Crippen LogP contribution in [0.5, 0.6) is 0 Å². The van der Waals surface area contributed by atoms with Gasteiger partial charge in [-0.1, -0.05) is 48.9 Å². The molecule has 0 unspecified atom stereocenters. The molecule has 0 saturated heterocycles. The summed E-state index contributed by atoms with van der Waals surface area (Å²) in [5, 5.41) is 0.632. The maximum Gasteiger partial charge on any atom is 0.167 e. The van der Waals surface area contributed by atoms with Crippen LogP contribution >= 0.6 is 34.2 Å². The third-order valence-corrected chi connectivity index (χ3v) is 4.61. The minimum Gasteiger partial charge on any atom is -0.294 e. The molecule has 0 aliphatic heterocycles. The highest BCUT2D eigenvalue weighted by atomic mass is 127. The summed E-state index contributed by atoms with van der Waals surface area (Å²) in [5.74, 6) is 0.0996. The van der Waals surface area contributed by atoms with Crippen molar-refractivity contribution in [3.8, 4) is 0 Å². The van der Waals surface area contributed by atoms with Crippen molar-refractivity contribution < 1.29 is 4.79 Å². The Labute approximate surface area is 132 Å². The van der Waals surface area contributed by atoms with E-state index in [-0.39, 0.29) is 5.78 Å². The van der Waals surface area contributed by atoms with Crippen molar-refractivity contribution in [2.75, 3.05) is 0 Å². The zero-order chi connectivity index (χ0) is 13.8. The zero-order valence-corrected chi connectivity index (χ0v) is 13.5. The van der Waals surface area contributed by atoms with Gasteiger partial charge in [0.05, 0.1) is 5.02 Å². The Hall–Kier alpha value is -0.870. The van der Waals surface area contributed by atoms with Crippen molar-refractivity contribution in [2.24, 2.45) is 0 Å². The molecule has 19 heavy (non-hydrogen) atoms. The van der Waals surface area contributed by atoms with Crippen LogP contribution in [0.25, 0.3) is 0 Å². The number of ketones is 1. The number of halogens is 2. The normalized spacial score (nSPS) is 10.5. The van der Waals surface area contributed by atoms with Crippen molar-refractivity contribution in [1.29, 1.82) is 0 Å². The van der Waals surface area contributed by atoms with Gasteiger partial charge in [-0.25, -0.2) is 0 Å². The number of hydrogen-bond acceptors (Lipinski definition) is 1. The third kappa shape index (κ3) is 3.80. The van der Waals surface area contributed by atoms with Crippen molar-refractivity contribution in [3.63, 3.8) is 0 Å². The summed E-state index contributed by atoms with van der Waals surface area (Å²) in [6.45, 7) is 2.12. The Morgan fingerprint density at radius 3 is 2.32 bits per heavy atom. The lowest BCUT2D eigenvalue weighted by atomic mass is 10.0. The molecule has 1 nitrogen and oxygen atoms in total. The Balaban J connectivity index is 2.13. The van der Waals surface area contributed by atoms with E-state index in [2.05, 4.69) is 41.6 Å². The lowest BCUT2D eigenvalue weighted by Crippen LogP contribution is -2.03. The predicted molar refractivity (Wildman–Crippen MR) is 88.0 cm³/mol. The quantitative estimate of drug-likeness (QED) is 0.539. The van der Waals surface area contributed by atoms with Crippen LogP contribution in [0.15, 0.2) is 42.5 Å². The molecule has 0 aliphatic carbocycles. The fourth-order valence-electron chi connectivity index (χ4n) is 1.85. The first-order valence-corrected chi connectivity index (χ1v) is 7.62. The molecule has 0 atom stereocenters. The number of hydrogen-bond donors (Lipinski definition) is 0. The fourth-order valence-corrected chi connectivity index (χ4v) is 2.37. The van der Waals surface area contributed by atoms with E-state index in [1.54, 1.807) is 6.07 Å². The van der Waals surface area contributed by atoms with E-state index < -0.39 is 0 Å². The molecule has 0 radical (unpaired) electrons. The van der Waals surface area contributed by atoms with Gasteiger partial charge in [-0.2, -0.15) is 0 Å². The SMILES string of the molecule is CCc1ccc(CC(=O)c2ccc(I)c(Cl)c2)cc1. The van der Waals surface area contributed by atoms with Crippen LogP contribution in [0.1, 0.15) is 28.4 Å². The lowest BCUT2D eigenvalue weighted by Gasteiger charge is -2.04. The minimum atomic E-state index is 0.0996. The minimum absolute atomic E-state index is 0.0996. The van der Waals surface area contributed by atoms with Crippen LogP contribution in [0.2, 0.25) is 5.02 Å². The van der Waals surface area contributed by atoms with E-state index in [9.17, 15) is 4.79 Å². The summed E-state index contributed by atoms with van der Waals surface area (Å²) in [7, 11) is 0. The van der Waals surface area contributed by atoms with Crippen LogP contribution in [-0.4, -0.2) is 5.78 Å². The molecule has 0 bridgehead atoms. The average Bonchev–Trinajstić information content (AvgIpc) is 2.42. The molecule has 0 saturated carbocycles. The molecule has 2 aromatic rings. The number of aryl methyl sites for hydroxylation is 1. The summed E-state index contributed by atoms with van der Waals surface area (Å²) in [6.07, 6.45) is 1.43. The maximum absolute atomic E-state index is 12.2. The zero-order valence-electron chi connectivity index (χ0n) is 10.6. The number of benzene rings is 2. The van der Waals surface area contributed by atoms with Gasteiger partial charge in [0.1, 0.15) is 0 Å². The van der Waals surface area contributed by atoms with E-state index in [4.69, 9.17) is 11.6 Å². The van der Waals surface area contributed by atoms with Gasteiger partial charge in [-0.05, 0) is 52.3 Å². The second-order valence-electron chi connectivity index (χ2n) is 4.40. The monoisotopic (exact) mass is 384 g/mol. The van der Waals surface area contributed by atoms with Crippen LogP contribution in [0, 0.1) is 3.57 Å². The third-order valence-electron chi connectivity index (χ3n) is 3.04. The molecule has 2 aromatic carbocycles. The first-order chi connectivity index (χ1) is 9.10. The lowest BCUT2D eigenvalue weighted by molar-refractivity contribution is 0.0993. The highest BCUT2D eigenvalue weighted by Crippen LogP contribution is 2.20. The molecule has 0 aliphatic rings. The van der Waals surface area contributed by atoms with Gasteiger partial charge in [0.15, 0.2) is 5.78 Å². The van der Waals surface area contributed by atoms with Crippen LogP contribution < -0.4 is 0 Å². The Kier molecular flexibility index (Phi) is 4.99. The number of carbonyl (C=O) groups excluding carboxylic acids is 1. The second kappa shape index (κ2) is 6.53. The summed E-state index contributed by atoms with van der Waals surface area (Å²) in [5.41, 5.74) is 3.00. The van der Waals surface area contributed by atoms with Crippen LogP contribution in [-0.2, 0) is 12.8 Å². The summed E-state index contributed by atoms with van der Waals surface area (Å²) < 4.78 is 0.961. The van der Waals surface area contributed by atoms with E-state index >= 15 is 0 Å². The van der Waals surface area contributed by atoms with Crippen molar-refractivity contribution in [3.05, 3.63) is 67.7 Å². The van der Waals surface area contributed by atoms with E-state index in [1.807, 2.05) is 24.3 Å². The van der Waals surface area contributed by atoms with Gasteiger partial charge in [0.25, 0.3) is 0 Å². The van der Waals surface area contributed by atoms with Crippen LogP contribution in [0.4, 0.5) is 0 Å². The van der Waals surface area contributed by atoms with Gasteiger partial charge < -0.3 is 0 Å². The topological polar surface area (TPSA) is 17.1 Å². The van der Waals surface area contributed by atoms with Gasteiger partial charge in [-0.15, -0.1) is 0 Å². The molecule has 98 valence electrons. The maximum atomic E-state index is 12.2. The second-order valence-corrected chi connectivity index (χ2v) is 5.97. The van der Waals surface area contributed by atoms with Gasteiger partial charge >= 0.3 is 0 Å². The fraction of sp³-hybridized carbons (Fsp3) is 0.188. The Morgan fingerprint density at radius 1 is 1.11 bits per heavy atom. The van der Waals surface area contributed by atoms with E-state index in [1.165, 1.54) is 5.56 Å². The summed E-state index contributed by atoms with van der Waals surface area (Å²) in [4.78, 5) is 12.2. The molecule has 0 fully saturated rings. The van der Waals surface area contributed by atoms with Crippen molar-refractivity contribution in [1.82, 2.24) is 0 Å². The van der Waals surface area contributed by atoms with Gasteiger partial charge in [0.2, 0.25) is 0 Å². The highest BCUT2D eigenvalue weighted by molar-refractivity contribution is 14.1. The van der Waals surface area contributed by atoms with E-state index in [0.29, 0.717) is 17.0 Å². The number of Topliss-reactive ketones (excluding diaryl/α,β-unsaturated/α-hetero) is 1. The van der Waals surface area contributed by atoms with Crippen LogP contribution in [0.3, 0.4) is 0 Å². The van der Waals surface area contributed by atoms with Crippen molar-refractivity contribution >= 4 is 40.0 Å². The highest BCUT2D eigenvalue weighted by Gasteiger charge is 2.09. The number of rotatable bonds is 4. The molecule has 2 rings (SSSR count). The van der Waals surface area contributed by atoms with E-state index in [0.717, 1.165) is 15.6 Å². The molecule has 3 heteroatoms. The molecule has 0 heterocycles. The molecular formula is C16H14ClIO. The summed E-state index contributed by atoms with van der Waals surface area (Å²) in [6, 6.07) is 13.6. The largest absolute Gasteiger partial charge is 0.294 e. The molecule has 0 spiro atoms. The Bertz CT molecular complexity index is 590. The standard InChI is InChI=1S/C16H14ClIO/c1-2-11-3-5-12(6-4-11)9-16(19)13-7-8-15(18)14(17)10-13/h3-8,10H,2,9H2,1H3. The Morgan fingerprint density at radius 2 is 1.74 bits per heavy atom. The molecular weight excluding hydrogens is 371 g/mol. The first-order valence-electron chi connectivity index (χ1n) is 6.16. The number of carbonyl (C=O) groups is 1. The molecule has 0 N–H and O–H groups in total. The smallest absolute Gasteiger partial charge is 0.167 e. The average molecular weight is 385 g/mol. The first kappa shape index (κ1) is 14.5.